The SMILES string of the molecule is CCCc1cc(NCCCCSC)ncn1. The minimum absolute atomic E-state index is 0.961. The lowest BCUT2D eigenvalue weighted by atomic mass is 10.2. The first-order chi connectivity index (χ1) is 7.86. The molecule has 0 bridgehead atoms. The fourth-order valence-corrected chi connectivity index (χ4v) is 1.97. The van der Waals surface area contributed by atoms with Crippen LogP contribution in [-0.2, 0) is 6.42 Å². The second kappa shape index (κ2) is 8.39. The maximum Gasteiger partial charge on any atom is 0.129 e. The number of aromatic nitrogens is 2. The monoisotopic (exact) mass is 239 g/mol. The molecule has 90 valence electrons. The van der Waals surface area contributed by atoms with Gasteiger partial charge in [-0.25, -0.2) is 9.97 Å². The zero-order chi connectivity index (χ0) is 11.6. The van der Waals surface area contributed by atoms with Gasteiger partial charge in [0.25, 0.3) is 0 Å². The highest BCUT2D eigenvalue weighted by Crippen LogP contribution is 2.06. The summed E-state index contributed by atoms with van der Waals surface area (Å²) in [5.41, 5.74) is 1.13. The average Bonchev–Trinajstić information content (AvgIpc) is 2.30. The van der Waals surface area contributed by atoms with Gasteiger partial charge in [0.2, 0.25) is 0 Å². The largest absolute Gasteiger partial charge is 0.370 e. The summed E-state index contributed by atoms with van der Waals surface area (Å²) in [6, 6.07) is 2.05. The van der Waals surface area contributed by atoms with Crippen molar-refractivity contribution in [1.82, 2.24) is 9.97 Å². The molecule has 0 atom stereocenters. The summed E-state index contributed by atoms with van der Waals surface area (Å²) in [4.78, 5) is 8.44. The first-order valence-corrected chi connectivity index (χ1v) is 7.30. The van der Waals surface area contributed by atoms with Crippen molar-refractivity contribution < 1.29 is 0 Å². The van der Waals surface area contributed by atoms with Gasteiger partial charge in [-0.3, -0.25) is 0 Å². The Kier molecular flexibility index (Phi) is 6.97. The van der Waals surface area contributed by atoms with Crippen LogP contribution in [0.1, 0.15) is 31.9 Å². The lowest BCUT2D eigenvalue weighted by molar-refractivity contribution is 0.833. The van der Waals surface area contributed by atoms with Crippen LogP contribution in [0.3, 0.4) is 0 Å². The molecule has 0 saturated carbocycles. The van der Waals surface area contributed by atoms with E-state index in [0.717, 1.165) is 30.9 Å². The molecule has 1 aromatic heterocycles. The molecule has 1 aromatic rings. The number of hydrogen-bond acceptors (Lipinski definition) is 4. The number of nitrogens with one attached hydrogen (secondary N) is 1. The van der Waals surface area contributed by atoms with Crippen LogP contribution in [0.25, 0.3) is 0 Å². The second-order valence-corrected chi connectivity index (χ2v) is 4.76. The van der Waals surface area contributed by atoms with E-state index < -0.39 is 0 Å². The molecular weight excluding hydrogens is 218 g/mol. The lowest BCUT2D eigenvalue weighted by Crippen LogP contribution is -2.05. The maximum atomic E-state index is 4.23. The molecule has 0 aliphatic rings. The maximum absolute atomic E-state index is 4.23. The van der Waals surface area contributed by atoms with Gasteiger partial charge in [0.1, 0.15) is 12.1 Å². The summed E-state index contributed by atoms with van der Waals surface area (Å²) >= 11 is 1.90. The summed E-state index contributed by atoms with van der Waals surface area (Å²) in [6.45, 7) is 3.17. The highest BCUT2D eigenvalue weighted by atomic mass is 32.2. The molecule has 0 saturated heterocycles. The van der Waals surface area contributed by atoms with Gasteiger partial charge in [-0.15, -0.1) is 0 Å². The van der Waals surface area contributed by atoms with Crippen molar-refractivity contribution in [3.05, 3.63) is 18.1 Å². The van der Waals surface area contributed by atoms with Gasteiger partial charge < -0.3 is 5.32 Å². The number of unbranched alkanes of at least 4 members (excludes halogenated alkanes) is 1. The van der Waals surface area contributed by atoms with E-state index in [9.17, 15) is 0 Å². The number of nitrogens with zero attached hydrogens (tertiary/aromatic N) is 2. The topological polar surface area (TPSA) is 37.8 Å². The van der Waals surface area contributed by atoms with E-state index in [-0.39, 0.29) is 0 Å². The van der Waals surface area contributed by atoms with Crippen molar-refractivity contribution in [2.24, 2.45) is 0 Å². The molecule has 1 N–H and O–H groups in total. The highest BCUT2D eigenvalue weighted by molar-refractivity contribution is 7.98. The Morgan fingerprint density at radius 3 is 2.94 bits per heavy atom. The molecule has 0 amide bonds. The van der Waals surface area contributed by atoms with Crippen LogP contribution in [-0.4, -0.2) is 28.5 Å². The van der Waals surface area contributed by atoms with E-state index in [0.29, 0.717) is 0 Å². The normalized spacial score (nSPS) is 10.4. The van der Waals surface area contributed by atoms with Crippen molar-refractivity contribution in [2.45, 2.75) is 32.6 Å². The van der Waals surface area contributed by atoms with Gasteiger partial charge in [0, 0.05) is 18.3 Å². The van der Waals surface area contributed by atoms with Crippen LogP contribution in [0.5, 0.6) is 0 Å². The van der Waals surface area contributed by atoms with E-state index in [1.54, 1.807) is 6.33 Å². The Bertz CT molecular complexity index is 291. The first-order valence-electron chi connectivity index (χ1n) is 5.90. The molecule has 1 rings (SSSR count). The Balaban J connectivity index is 2.27. The van der Waals surface area contributed by atoms with Crippen molar-refractivity contribution in [3.63, 3.8) is 0 Å². The van der Waals surface area contributed by atoms with Crippen molar-refractivity contribution in [1.29, 1.82) is 0 Å². The Hall–Kier alpha value is -0.770. The molecule has 0 radical (unpaired) electrons. The van der Waals surface area contributed by atoms with E-state index >= 15 is 0 Å². The molecule has 3 nitrogen and oxygen atoms in total. The molecule has 0 aliphatic heterocycles. The second-order valence-electron chi connectivity index (χ2n) is 3.77. The summed E-state index contributed by atoms with van der Waals surface area (Å²) in [5, 5.41) is 3.34. The van der Waals surface area contributed by atoms with E-state index in [1.165, 1.54) is 18.6 Å². The van der Waals surface area contributed by atoms with Crippen LogP contribution < -0.4 is 5.32 Å². The molecule has 0 aromatic carbocycles. The number of thioether (sulfide) groups is 1. The zero-order valence-electron chi connectivity index (χ0n) is 10.2. The molecule has 4 heteroatoms. The smallest absolute Gasteiger partial charge is 0.129 e. The minimum atomic E-state index is 0.961. The minimum Gasteiger partial charge on any atom is -0.370 e. The van der Waals surface area contributed by atoms with Crippen molar-refractivity contribution in [3.8, 4) is 0 Å². The van der Waals surface area contributed by atoms with Crippen LogP contribution >= 0.6 is 11.8 Å². The standard InChI is InChI=1S/C12H21N3S/c1-3-6-11-9-12(15-10-14-11)13-7-4-5-8-16-2/h9-10H,3-8H2,1-2H3,(H,13,14,15). The predicted molar refractivity (Wildman–Crippen MR) is 72.1 cm³/mol. The lowest BCUT2D eigenvalue weighted by Gasteiger charge is -2.06. The van der Waals surface area contributed by atoms with Crippen LogP contribution in [0, 0.1) is 0 Å². The van der Waals surface area contributed by atoms with Crippen molar-refractivity contribution >= 4 is 17.6 Å². The Labute approximate surface area is 102 Å². The molecule has 1 heterocycles. The number of anilines is 1. The average molecular weight is 239 g/mol. The third-order valence-corrected chi connectivity index (χ3v) is 3.01. The first kappa shape index (κ1) is 13.3. The van der Waals surface area contributed by atoms with E-state index in [4.69, 9.17) is 0 Å². The van der Waals surface area contributed by atoms with Crippen LogP contribution in [0.4, 0.5) is 5.82 Å². The summed E-state index contributed by atoms with van der Waals surface area (Å²) in [6.07, 6.45) is 8.42. The molecule has 16 heavy (non-hydrogen) atoms. The fraction of sp³-hybridized carbons (Fsp3) is 0.667. The van der Waals surface area contributed by atoms with Gasteiger partial charge in [-0.2, -0.15) is 11.8 Å². The summed E-state index contributed by atoms with van der Waals surface area (Å²) < 4.78 is 0. The van der Waals surface area contributed by atoms with E-state index in [1.807, 2.05) is 11.8 Å². The number of aryl methyl sites for hydroxylation is 1. The van der Waals surface area contributed by atoms with Crippen LogP contribution in [0.15, 0.2) is 12.4 Å². The van der Waals surface area contributed by atoms with Gasteiger partial charge in [0.05, 0.1) is 0 Å². The van der Waals surface area contributed by atoms with Gasteiger partial charge in [-0.05, 0) is 31.3 Å². The molecular formula is C12H21N3S. The van der Waals surface area contributed by atoms with Crippen molar-refractivity contribution in [2.75, 3.05) is 23.9 Å². The van der Waals surface area contributed by atoms with Crippen LogP contribution in [0.2, 0.25) is 0 Å². The van der Waals surface area contributed by atoms with Gasteiger partial charge in [0.15, 0.2) is 0 Å². The number of rotatable bonds is 8. The molecule has 0 fully saturated rings. The zero-order valence-corrected chi connectivity index (χ0v) is 11.0. The van der Waals surface area contributed by atoms with Gasteiger partial charge in [-0.1, -0.05) is 13.3 Å². The highest BCUT2D eigenvalue weighted by Gasteiger charge is 1.97. The Morgan fingerprint density at radius 2 is 2.19 bits per heavy atom. The van der Waals surface area contributed by atoms with E-state index in [2.05, 4.69) is 34.5 Å². The van der Waals surface area contributed by atoms with Gasteiger partial charge >= 0.3 is 0 Å². The predicted octanol–water partition coefficient (Wildman–Crippen LogP) is 2.98. The molecule has 0 aliphatic carbocycles. The third kappa shape index (κ3) is 5.35. The Morgan fingerprint density at radius 1 is 1.31 bits per heavy atom. The summed E-state index contributed by atoms with van der Waals surface area (Å²) in [7, 11) is 0. The number of hydrogen-bond donors (Lipinski definition) is 1. The molecule has 0 spiro atoms. The summed E-state index contributed by atoms with van der Waals surface area (Å²) in [5.74, 6) is 2.20. The third-order valence-electron chi connectivity index (χ3n) is 2.31. The fourth-order valence-electron chi connectivity index (χ4n) is 1.47. The molecule has 0 unspecified atom stereocenters. The quantitative estimate of drug-likeness (QED) is 0.708.